The lowest BCUT2D eigenvalue weighted by Crippen LogP contribution is -2.20. The quantitative estimate of drug-likeness (QED) is 0.800. The van der Waals surface area contributed by atoms with Gasteiger partial charge in [0.25, 0.3) is 0 Å². The van der Waals surface area contributed by atoms with Gasteiger partial charge in [0.2, 0.25) is 0 Å². The van der Waals surface area contributed by atoms with Crippen molar-refractivity contribution in [3.05, 3.63) is 28.7 Å². The molecular formula is C12H19BrN2. The van der Waals surface area contributed by atoms with E-state index in [4.69, 9.17) is 0 Å². The summed E-state index contributed by atoms with van der Waals surface area (Å²) < 4.78 is 1.17. The van der Waals surface area contributed by atoms with Crippen LogP contribution in [0.2, 0.25) is 0 Å². The van der Waals surface area contributed by atoms with Gasteiger partial charge in [0, 0.05) is 18.1 Å². The minimum Gasteiger partial charge on any atom is -0.374 e. The molecule has 0 saturated heterocycles. The van der Waals surface area contributed by atoms with Crippen molar-refractivity contribution in [3.8, 4) is 0 Å². The van der Waals surface area contributed by atoms with Gasteiger partial charge in [-0.15, -0.1) is 0 Å². The van der Waals surface area contributed by atoms with E-state index in [1.165, 1.54) is 23.0 Å². The average molecular weight is 271 g/mol. The molecule has 1 aromatic rings. The maximum absolute atomic E-state index is 3.57. The van der Waals surface area contributed by atoms with Crippen LogP contribution in [-0.4, -0.2) is 27.2 Å². The Balaban J connectivity index is 2.40. The maximum Gasteiger partial charge on any atom is 0.0508 e. The summed E-state index contributed by atoms with van der Waals surface area (Å²) in [5, 5.41) is 3.16. The molecule has 0 radical (unpaired) electrons. The molecule has 0 aliphatic carbocycles. The van der Waals surface area contributed by atoms with Crippen LogP contribution in [0.3, 0.4) is 0 Å². The van der Waals surface area contributed by atoms with E-state index in [0.717, 1.165) is 13.1 Å². The third kappa shape index (κ3) is 4.22. The molecule has 0 fully saturated rings. The van der Waals surface area contributed by atoms with Gasteiger partial charge in [0.05, 0.1) is 5.69 Å². The molecular weight excluding hydrogens is 252 g/mol. The number of para-hydroxylation sites is 1. The van der Waals surface area contributed by atoms with Gasteiger partial charge in [-0.2, -0.15) is 0 Å². The van der Waals surface area contributed by atoms with Crippen molar-refractivity contribution in [2.75, 3.05) is 32.1 Å². The van der Waals surface area contributed by atoms with E-state index in [1.807, 2.05) is 13.1 Å². The van der Waals surface area contributed by atoms with Gasteiger partial charge in [-0.05, 0) is 54.5 Å². The fraction of sp³-hybridized carbons (Fsp3) is 0.500. The number of nitrogens with zero attached hydrogens (tertiary/aromatic N) is 1. The molecule has 0 amide bonds. The summed E-state index contributed by atoms with van der Waals surface area (Å²) in [4.78, 5) is 2.29. The summed E-state index contributed by atoms with van der Waals surface area (Å²) in [5.74, 6) is 0. The Labute approximate surface area is 101 Å². The van der Waals surface area contributed by atoms with Gasteiger partial charge in [-0.25, -0.2) is 0 Å². The zero-order valence-electron chi connectivity index (χ0n) is 9.46. The predicted octanol–water partition coefficient (Wildman–Crippen LogP) is 2.88. The molecule has 0 saturated carbocycles. The molecule has 1 N–H and O–H groups in total. The van der Waals surface area contributed by atoms with Crippen LogP contribution in [0.5, 0.6) is 0 Å². The van der Waals surface area contributed by atoms with E-state index in [-0.39, 0.29) is 0 Å². The summed E-state index contributed by atoms with van der Waals surface area (Å²) >= 11 is 3.57. The zero-order valence-corrected chi connectivity index (χ0v) is 11.0. The number of hydrogen-bond donors (Lipinski definition) is 1. The largest absolute Gasteiger partial charge is 0.374 e. The molecule has 0 spiro atoms. The Bertz CT molecular complexity index is 289. The highest BCUT2D eigenvalue weighted by atomic mass is 79.9. The third-order valence-electron chi connectivity index (χ3n) is 2.43. The molecule has 2 nitrogen and oxygen atoms in total. The maximum atomic E-state index is 3.57. The van der Waals surface area contributed by atoms with Crippen LogP contribution in [0.15, 0.2) is 28.7 Å². The van der Waals surface area contributed by atoms with Crippen LogP contribution in [0.1, 0.15) is 12.8 Å². The molecule has 0 aliphatic rings. The van der Waals surface area contributed by atoms with Crippen LogP contribution < -0.4 is 10.2 Å². The van der Waals surface area contributed by atoms with Crippen molar-refractivity contribution in [1.82, 2.24) is 5.32 Å². The Morgan fingerprint density at radius 2 is 2.00 bits per heavy atom. The summed E-state index contributed by atoms with van der Waals surface area (Å²) in [6.45, 7) is 2.20. The molecule has 0 bridgehead atoms. The van der Waals surface area contributed by atoms with Gasteiger partial charge in [0.1, 0.15) is 0 Å². The number of nitrogens with one attached hydrogen (secondary N) is 1. The first kappa shape index (κ1) is 12.5. The minimum absolute atomic E-state index is 1.10. The van der Waals surface area contributed by atoms with Gasteiger partial charge >= 0.3 is 0 Å². The highest BCUT2D eigenvalue weighted by Crippen LogP contribution is 2.24. The van der Waals surface area contributed by atoms with Gasteiger partial charge in [-0.1, -0.05) is 12.1 Å². The molecule has 0 aliphatic heterocycles. The fourth-order valence-electron chi connectivity index (χ4n) is 1.53. The van der Waals surface area contributed by atoms with Crippen LogP contribution in [0, 0.1) is 0 Å². The standard InChI is InChI=1S/C12H19BrN2/c1-14-9-5-6-10-15(2)12-8-4-3-7-11(12)13/h3-4,7-8,14H,5-6,9-10H2,1-2H3. The van der Waals surface area contributed by atoms with Crippen molar-refractivity contribution in [3.63, 3.8) is 0 Å². The number of unbranched alkanes of at least 4 members (excludes halogenated alkanes) is 1. The van der Waals surface area contributed by atoms with Gasteiger partial charge < -0.3 is 10.2 Å². The molecule has 0 aromatic heterocycles. The Morgan fingerprint density at radius 3 is 2.67 bits per heavy atom. The predicted molar refractivity (Wildman–Crippen MR) is 70.6 cm³/mol. The van der Waals surface area contributed by atoms with Crippen molar-refractivity contribution >= 4 is 21.6 Å². The number of halogens is 1. The molecule has 15 heavy (non-hydrogen) atoms. The van der Waals surface area contributed by atoms with Crippen LogP contribution in [-0.2, 0) is 0 Å². The van der Waals surface area contributed by atoms with E-state index in [0.29, 0.717) is 0 Å². The first-order chi connectivity index (χ1) is 7.25. The number of rotatable bonds is 6. The highest BCUT2D eigenvalue weighted by molar-refractivity contribution is 9.10. The van der Waals surface area contributed by atoms with E-state index in [1.54, 1.807) is 0 Å². The summed E-state index contributed by atoms with van der Waals surface area (Å²) in [5.41, 5.74) is 1.27. The lowest BCUT2D eigenvalue weighted by molar-refractivity contribution is 0.671. The number of hydrogen-bond acceptors (Lipinski definition) is 2. The smallest absolute Gasteiger partial charge is 0.0508 e. The second kappa shape index (κ2) is 6.85. The fourth-order valence-corrected chi connectivity index (χ4v) is 2.12. The van der Waals surface area contributed by atoms with Gasteiger partial charge in [0.15, 0.2) is 0 Å². The van der Waals surface area contributed by atoms with E-state index >= 15 is 0 Å². The lowest BCUT2D eigenvalue weighted by Gasteiger charge is -2.20. The van der Waals surface area contributed by atoms with Crippen molar-refractivity contribution in [2.45, 2.75) is 12.8 Å². The highest BCUT2D eigenvalue weighted by Gasteiger charge is 2.03. The van der Waals surface area contributed by atoms with Crippen LogP contribution >= 0.6 is 15.9 Å². The molecule has 0 atom stereocenters. The minimum atomic E-state index is 1.10. The van der Waals surface area contributed by atoms with E-state index in [2.05, 4.69) is 51.4 Å². The Hall–Kier alpha value is -0.540. The molecule has 1 aromatic carbocycles. The average Bonchev–Trinajstić information content (AvgIpc) is 2.25. The number of anilines is 1. The lowest BCUT2D eigenvalue weighted by atomic mass is 10.2. The normalized spacial score (nSPS) is 10.3. The summed E-state index contributed by atoms with van der Waals surface area (Å²) in [7, 11) is 4.14. The van der Waals surface area contributed by atoms with Crippen LogP contribution in [0.25, 0.3) is 0 Å². The zero-order chi connectivity index (χ0) is 11.1. The van der Waals surface area contributed by atoms with Crippen LogP contribution in [0.4, 0.5) is 5.69 Å². The third-order valence-corrected chi connectivity index (χ3v) is 3.10. The molecule has 84 valence electrons. The SMILES string of the molecule is CNCCCCN(C)c1ccccc1Br. The van der Waals surface area contributed by atoms with Gasteiger partial charge in [-0.3, -0.25) is 0 Å². The van der Waals surface area contributed by atoms with Crippen molar-refractivity contribution in [2.24, 2.45) is 0 Å². The second-order valence-electron chi connectivity index (χ2n) is 3.68. The Kier molecular flexibility index (Phi) is 5.73. The molecule has 3 heteroatoms. The second-order valence-corrected chi connectivity index (χ2v) is 4.54. The summed E-state index contributed by atoms with van der Waals surface area (Å²) in [6, 6.07) is 8.34. The summed E-state index contributed by atoms with van der Waals surface area (Å²) in [6.07, 6.45) is 2.45. The monoisotopic (exact) mass is 270 g/mol. The van der Waals surface area contributed by atoms with Crippen molar-refractivity contribution < 1.29 is 0 Å². The number of benzene rings is 1. The first-order valence-electron chi connectivity index (χ1n) is 5.36. The molecule has 0 unspecified atom stereocenters. The van der Waals surface area contributed by atoms with E-state index < -0.39 is 0 Å². The topological polar surface area (TPSA) is 15.3 Å². The molecule has 0 heterocycles. The van der Waals surface area contributed by atoms with E-state index in [9.17, 15) is 0 Å². The first-order valence-corrected chi connectivity index (χ1v) is 6.15. The Morgan fingerprint density at radius 1 is 1.27 bits per heavy atom. The van der Waals surface area contributed by atoms with Crippen molar-refractivity contribution in [1.29, 1.82) is 0 Å². The molecule has 1 rings (SSSR count).